The number of hydrogen-bond donors (Lipinski definition) is 1. The Hall–Kier alpha value is -3.22. The average Bonchev–Trinajstić information content (AvgIpc) is 2.99. The zero-order valence-corrected chi connectivity index (χ0v) is 14.6. The zero-order valence-electron chi connectivity index (χ0n) is 14.6. The molecule has 0 spiro atoms. The van der Waals surface area contributed by atoms with E-state index in [-0.39, 0.29) is 23.9 Å². The SMILES string of the molecule is Cc1ccc(N2C[C@H](C(=O)Nc3cc([N+](=O)[O-])ccc3C)CC2=O)cc1. The minimum Gasteiger partial charge on any atom is -0.325 e. The third kappa shape index (κ3) is 3.56. The minimum absolute atomic E-state index is 0.0883. The van der Waals surface area contributed by atoms with Crippen LogP contribution in [0.15, 0.2) is 42.5 Å². The van der Waals surface area contributed by atoms with Gasteiger partial charge in [0.05, 0.1) is 16.5 Å². The summed E-state index contributed by atoms with van der Waals surface area (Å²) < 4.78 is 0. The summed E-state index contributed by atoms with van der Waals surface area (Å²) in [5, 5.41) is 13.6. The van der Waals surface area contributed by atoms with Crippen molar-refractivity contribution >= 4 is 28.9 Å². The lowest BCUT2D eigenvalue weighted by molar-refractivity contribution is -0.384. The number of carbonyl (C=O) groups is 2. The lowest BCUT2D eigenvalue weighted by atomic mass is 10.1. The Morgan fingerprint density at radius 3 is 2.54 bits per heavy atom. The van der Waals surface area contributed by atoms with Crippen molar-refractivity contribution in [3.63, 3.8) is 0 Å². The van der Waals surface area contributed by atoms with Crippen molar-refractivity contribution in [1.82, 2.24) is 0 Å². The number of nitrogens with zero attached hydrogens (tertiary/aromatic N) is 2. The van der Waals surface area contributed by atoms with Crippen molar-refractivity contribution in [2.75, 3.05) is 16.8 Å². The summed E-state index contributed by atoms with van der Waals surface area (Å²) in [5.74, 6) is -0.913. The molecule has 134 valence electrons. The molecule has 1 saturated heterocycles. The number of nitro benzene ring substituents is 1. The summed E-state index contributed by atoms with van der Waals surface area (Å²) in [6.45, 7) is 4.02. The Labute approximate surface area is 150 Å². The van der Waals surface area contributed by atoms with Crippen LogP contribution in [0.25, 0.3) is 0 Å². The van der Waals surface area contributed by atoms with E-state index in [1.807, 2.05) is 31.2 Å². The monoisotopic (exact) mass is 353 g/mol. The number of amides is 2. The van der Waals surface area contributed by atoms with Gasteiger partial charge in [-0.3, -0.25) is 19.7 Å². The lowest BCUT2D eigenvalue weighted by Crippen LogP contribution is -2.28. The molecule has 2 aromatic carbocycles. The molecule has 0 unspecified atom stereocenters. The maximum absolute atomic E-state index is 12.6. The number of carbonyl (C=O) groups excluding carboxylic acids is 2. The van der Waals surface area contributed by atoms with E-state index in [2.05, 4.69) is 5.32 Å². The number of hydrogen-bond acceptors (Lipinski definition) is 4. The van der Waals surface area contributed by atoms with Gasteiger partial charge in [-0.15, -0.1) is 0 Å². The summed E-state index contributed by atoms with van der Waals surface area (Å²) in [6.07, 6.45) is 0.119. The van der Waals surface area contributed by atoms with Crippen LogP contribution in [0.5, 0.6) is 0 Å². The van der Waals surface area contributed by atoms with E-state index in [1.54, 1.807) is 17.9 Å². The molecular formula is C19H19N3O4. The molecule has 0 aliphatic carbocycles. The fourth-order valence-corrected chi connectivity index (χ4v) is 2.95. The molecule has 7 heteroatoms. The Morgan fingerprint density at radius 1 is 1.19 bits per heavy atom. The van der Waals surface area contributed by atoms with Crippen molar-refractivity contribution in [3.8, 4) is 0 Å². The normalized spacial score (nSPS) is 16.6. The van der Waals surface area contributed by atoms with E-state index in [4.69, 9.17) is 0 Å². The molecule has 1 heterocycles. The molecule has 2 aromatic rings. The Bertz CT molecular complexity index is 877. The van der Waals surface area contributed by atoms with Crippen LogP contribution >= 0.6 is 0 Å². The second-order valence-corrected chi connectivity index (χ2v) is 6.49. The maximum Gasteiger partial charge on any atom is 0.271 e. The first-order chi connectivity index (χ1) is 12.3. The third-order valence-electron chi connectivity index (χ3n) is 4.53. The zero-order chi connectivity index (χ0) is 18.8. The van der Waals surface area contributed by atoms with Gasteiger partial charge in [0.15, 0.2) is 0 Å². The van der Waals surface area contributed by atoms with Gasteiger partial charge in [-0.05, 0) is 31.5 Å². The van der Waals surface area contributed by atoms with Gasteiger partial charge in [0, 0.05) is 30.8 Å². The first-order valence-corrected chi connectivity index (χ1v) is 8.28. The molecule has 0 radical (unpaired) electrons. The fourth-order valence-electron chi connectivity index (χ4n) is 2.95. The molecule has 1 N–H and O–H groups in total. The van der Waals surface area contributed by atoms with Gasteiger partial charge in [0.2, 0.25) is 11.8 Å². The van der Waals surface area contributed by atoms with Crippen LogP contribution in [-0.4, -0.2) is 23.3 Å². The largest absolute Gasteiger partial charge is 0.325 e. The molecule has 1 aliphatic heterocycles. The van der Waals surface area contributed by atoms with Crippen LogP contribution in [0.2, 0.25) is 0 Å². The molecule has 0 bridgehead atoms. The van der Waals surface area contributed by atoms with Gasteiger partial charge < -0.3 is 10.2 Å². The topological polar surface area (TPSA) is 92.6 Å². The van der Waals surface area contributed by atoms with E-state index in [0.29, 0.717) is 12.2 Å². The van der Waals surface area contributed by atoms with Crippen molar-refractivity contribution in [2.45, 2.75) is 20.3 Å². The number of benzene rings is 2. The van der Waals surface area contributed by atoms with Gasteiger partial charge in [-0.25, -0.2) is 0 Å². The van der Waals surface area contributed by atoms with Crippen molar-refractivity contribution in [2.24, 2.45) is 5.92 Å². The third-order valence-corrected chi connectivity index (χ3v) is 4.53. The van der Waals surface area contributed by atoms with E-state index in [1.165, 1.54) is 12.1 Å². The number of aryl methyl sites for hydroxylation is 2. The van der Waals surface area contributed by atoms with Crippen LogP contribution in [0.4, 0.5) is 17.1 Å². The maximum atomic E-state index is 12.6. The molecule has 3 rings (SSSR count). The van der Waals surface area contributed by atoms with Crippen molar-refractivity contribution in [1.29, 1.82) is 0 Å². The van der Waals surface area contributed by atoms with Gasteiger partial charge in [-0.1, -0.05) is 23.8 Å². The molecule has 0 saturated carbocycles. The summed E-state index contributed by atoms with van der Waals surface area (Å²) in [4.78, 5) is 36.9. The molecule has 1 aliphatic rings. The van der Waals surface area contributed by atoms with Crippen LogP contribution in [-0.2, 0) is 9.59 Å². The molecule has 1 fully saturated rings. The van der Waals surface area contributed by atoms with Gasteiger partial charge in [0.25, 0.3) is 5.69 Å². The highest BCUT2D eigenvalue weighted by Gasteiger charge is 2.35. The molecular weight excluding hydrogens is 334 g/mol. The first-order valence-electron chi connectivity index (χ1n) is 8.28. The highest BCUT2D eigenvalue weighted by Crippen LogP contribution is 2.28. The number of rotatable bonds is 4. The number of nitrogens with one attached hydrogen (secondary N) is 1. The predicted molar refractivity (Wildman–Crippen MR) is 98.1 cm³/mol. The standard InChI is InChI=1S/C19H19N3O4/c1-12-3-6-15(7-4-12)21-11-14(9-18(21)23)19(24)20-17-10-16(22(25)26)8-5-13(17)2/h3-8,10,14H,9,11H2,1-2H3,(H,20,24)/t14-/m1/s1. The average molecular weight is 353 g/mol. The van der Waals surface area contributed by atoms with Crippen LogP contribution in [0.1, 0.15) is 17.5 Å². The number of non-ortho nitro benzene ring substituents is 1. The molecule has 26 heavy (non-hydrogen) atoms. The lowest BCUT2D eigenvalue weighted by Gasteiger charge is -2.17. The van der Waals surface area contributed by atoms with Crippen LogP contribution in [0.3, 0.4) is 0 Å². The van der Waals surface area contributed by atoms with E-state index in [0.717, 1.165) is 16.8 Å². The Kier molecular flexibility index (Phi) is 4.71. The molecule has 2 amide bonds. The second-order valence-electron chi connectivity index (χ2n) is 6.49. The highest BCUT2D eigenvalue weighted by atomic mass is 16.6. The van der Waals surface area contributed by atoms with Gasteiger partial charge >= 0.3 is 0 Å². The minimum atomic E-state index is -0.507. The second kappa shape index (κ2) is 6.95. The van der Waals surface area contributed by atoms with Crippen molar-refractivity contribution in [3.05, 3.63) is 63.7 Å². The van der Waals surface area contributed by atoms with E-state index >= 15 is 0 Å². The molecule has 7 nitrogen and oxygen atoms in total. The van der Waals surface area contributed by atoms with Crippen molar-refractivity contribution < 1.29 is 14.5 Å². The van der Waals surface area contributed by atoms with Gasteiger partial charge in [0.1, 0.15) is 0 Å². The fraction of sp³-hybridized carbons (Fsp3) is 0.263. The summed E-state index contributed by atoms with van der Waals surface area (Å²) in [5.41, 5.74) is 2.89. The summed E-state index contributed by atoms with van der Waals surface area (Å²) >= 11 is 0. The van der Waals surface area contributed by atoms with E-state index in [9.17, 15) is 19.7 Å². The first kappa shape index (κ1) is 17.6. The smallest absolute Gasteiger partial charge is 0.271 e. The van der Waals surface area contributed by atoms with E-state index < -0.39 is 10.8 Å². The number of anilines is 2. The van der Waals surface area contributed by atoms with Crippen LogP contribution in [0, 0.1) is 29.9 Å². The highest BCUT2D eigenvalue weighted by molar-refractivity contribution is 6.03. The predicted octanol–water partition coefficient (Wildman–Crippen LogP) is 3.20. The number of nitro groups is 1. The summed E-state index contributed by atoms with van der Waals surface area (Å²) in [6, 6.07) is 11.9. The van der Waals surface area contributed by atoms with Gasteiger partial charge in [-0.2, -0.15) is 0 Å². The molecule has 0 aromatic heterocycles. The Balaban J connectivity index is 1.73. The van der Waals surface area contributed by atoms with Crippen LogP contribution < -0.4 is 10.2 Å². The summed E-state index contributed by atoms with van der Waals surface area (Å²) in [7, 11) is 0. The Morgan fingerprint density at radius 2 is 1.88 bits per heavy atom. The molecule has 1 atom stereocenters. The quantitative estimate of drug-likeness (QED) is 0.675.